The van der Waals surface area contributed by atoms with E-state index in [1.165, 1.54) is 47.7 Å². The molecule has 0 radical (unpaired) electrons. The summed E-state index contributed by atoms with van der Waals surface area (Å²) in [6.07, 6.45) is 0. The molecule has 9 aromatic rings. The van der Waals surface area contributed by atoms with Gasteiger partial charge in [-0.15, -0.1) is 0 Å². The van der Waals surface area contributed by atoms with Crippen molar-refractivity contribution < 1.29 is 12.1 Å². The van der Waals surface area contributed by atoms with Crippen molar-refractivity contribution in [2.24, 2.45) is 0 Å². The van der Waals surface area contributed by atoms with E-state index in [0.717, 1.165) is 0 Å². The van der Waals surface area contributed by atoms with Crippen molar-refractivity contribution in [2.45, 2.75) is 0 Å². The van der Waals surface area contributed by atoms with Gasteiger partial charge in [0.2, 0.25) is 0 Å². The Hall–Kier alpha value is -5.24. The first kappa shape index (κ1) is 38.3. The number of hydrogen-bond acceptors (Lipinski definition) is 0. The topological polar surface area (TPSA) is 0 Å². The van der Waals surface area contributed by atoms with E-state index in [1.807, 2.05) is 0 Å². The first-order valence-corrected chi connectivity index (χ1v) is 29.8. The van der Waals surface area contributed by atoms with Gasteiger partial charge in [-0.3, -0.25) is 0 Å². The molecule has 9 aromatic carbocycles. The summed E-state index contributed by atoms with van der Waals surface area (Å²) in [5.41, 5.74) is 0. The molecule has 9 rings (SSSR count). The molecule has 0 aliphatic rings. The zero-order valence-electron chi connectivity index (χ0n) is 32.3. The second-order valence-electron chi connectivity index (χ2n) is 14.4. The average Bonchev–Trinajstić information content (AvgIpc) is 3.33. The van der Waals surface area contributed by atoms with Crippen molar-refractivity contribution in [3.63, 3.8) is 0 Å². The molecule has 0 saturated carbocycles. The molecule has 0 amide bonds. The number of hydrogen-bond donors (Lipinski definition) is 0. The molecule has 4 heteroatoms. The van der Waals surface area contributed by atoms with Gasteiger partial charge in [-0.1, -0.05) is 0 Å². The molecule has 58 heavy (non-hydrogen) atoms. The molecule has 0 bridgehead atoms. The van der Waals surface area contributed by atoms with Crippen molar-refractivity contribution in [3.8, 4) is 0 Å². The van der Waals surface area contributed by atoms with Crippen LogP contribution in [0.2, 0.25) is 0 Å². The van der Waals surface area contributed by atoms with Gasteiger partial charge in [0.1, 0.15) is 0 Å². The normalized spacial score (nSPS) is 12.9. The van der Waals surface area contributed by atoms with Crippen LogP contribution in [0.5, 0.6) is 0 Å². The van der Waals surface area contributed by atoms with E-state index in [4.69, 9.17) is 0 Å². The quantitative estimate of drug-likeness (QED) is 0.0850. The van der Waals surface area contributed by atoms with E-state index in [-0.39, 0.29) is 0 Å². The van der Waals surface area contributed by atoms with E-state index in [0.29, 0.717) is 0 Å². The summed E-state index contributed by atoms with van der Waals surface area (Å²) >= 11 is -0.725. The Morgan fingerprint density at radius 1 is 0.155 bits per heavy atom. The van der Waals surface area contributed by atoms with Gasteiger partial charge in [-0.05, 0) is 0 Å². The van der Waals surface area contributed by atoms with Gasteiger partial charge in [0.25, 0.3) is 0 Å². The third-order valence-corrected chi connectivity index (χ3v) is 54.3. The summed E-state index contributed by atoms with van der Waals surface area (Å²) in [6, 6.07) is 96.0. The van der Waals surface area contributed by atoms with E-state index in [1.54, 1.807) is 0 Å². The van der Waals surface area contributed by atoms with Crippen molar-refractivity contribution in [1.82, 2.24) is 0 Å². The van der Waals surface area contributed by atoms with Gasteiger partial charge in [-0.25, -0.2) is 0 Å². The molecule has 0 aliphatic heterocycles. The summed E-state index contributed by atoms with van der Waals surface area (Å²) < 4.78 is 0. The minimum atomic E-state index is -3.26. The third kappa shape index (κ3) is 6.53. The van der Waals surface area contributed by atoms with Crippen LogP contribution >= 0.6 is 18.1 Å². The Labute approximate surface area is 348 Å². The molecule has 0 unspecified atom stereocenters. The molecular formula is C54H48NiP3. The fourth-order valence-electron chi connectivity index (χ4n) is 8.77. The van der Waals surface area contributed by atoms with E-state index < -0.39 is 30.2 Å². The van der Waals surface area contributed by atoms with Gasteiger partial charge < -0.3 is 0 Å². The Morgan fingerprint density at radius 2 is 0.259 bits per heavy atom. The Morgan fingerprint density at radius 3 is 0.362 bits per heavy atom. The Kier molecular flexibility index (Phi) is 11.4. The minimum absolute atomic E-state index is 0.725. The molecule has 0 atom stereocenters. The summed E-state index contributed by atoms with van der Waals surface area (Å²) in [4.78, 5) is 0. The van der Waals surface area contributed by atoms with Crippen LogP contribution in [0.15, 0.2) is 273 Å². The molecule has 0 aliphatic carbocycles. The van der Waals surface area contributed by atoms with Crippen LogP contribution < -0.4 is 47.7 Å². The van der Waals surface area contributed by atoms with Crippen LogP contribution in [-0.2, 0) is 12.1 Å². The van der Waals surface area contributed by atoms with E-state index in [2.05, 4.69) is 273 Å². The predicted molar refractivity (Wildman–Crippen MR) is 260 cm³/mol. The van der Waals surface area contributed by atoms with Crippen molar-refractivity contribution in [1.29, 1.82) is 0 Å². The average molecular weight is 849 g/mol. The summed E-state index contributed by atoms with van der Waals surface area (Å²) in [5, 5.41) is 13.0. The van der Waals surface area contributed by atoms with Crippen LogP contribution in [-0.4, -0.2) is 0 Å². The summed E-state index contributed by atoms with van der Waals surface area (Å²) in [7, 11) is 0. The summed E-state index contributed by atoms with van der Waals surface area (Å²) in [6.45, 7) is 0. The van der Waals surface area contributed by atoms with Gasteiger partial charge in [-0.2, -0.15) is 0 Å². The van der Waals surface area contributed by atoms with Gasteiger partial charge >= 0.3 is 351 Å². The molecule has 0 N–H and O–H groups in total. The van der Waals surface area contributed by atoms with Gasteiger partial charge in [0.05, 0.1) is 0 Å². The second kappa shape index (κ2) is 17.3. The molecule has 0 saturated heterocycles. The Bertz CT molecular complexity index is 2040. The van der Waals surface area contributed by atoms with Gasteiger partial charge in [0, 0.05) is 0 Å². The maximum atomic E-state index is 2.48. The first-order chi connectivity index (χ1) is 28.8. The maximum absolute atomic E-state index is 3.26. The zero-order chi connectivity index (χ0) is 39.1. The molecule has 0 nitrogen and oxygen atoms in total. The van der Waals surface area contributed by atoms with Crippen LogP contribution in [0.4, 0.5) is 0 Å². The Balaban J connectivity index is 1.68. The van der Waals surface area contributed by atoms with Crippen LogP contribution in [0.1, 0.15) is 0 Å². The second-order valence-corrected chi connectivity index (χ2v) is 38.5. The zero-order valence-corrected chi connectivity index (χ0v) is 36.3. The molecule has 289 valence electrons. The van der Waals surface area contributed by atoms with Crippen LogP contribution in [0.25, 0.3) is 0 Å². The number of rotatable bonds is 12. The standard InChI is InChI=1S/3C18H15P.Ni/c3*1-4-10-16(11-5-1)19(17-12-6-2-7-13-17)18-14-8-3-9-15-18;/h3*1-15H;/q;;;-3/p+3. The van der Waals surface area contributed by atoms with Crippen molar-refractivity contribution in [3.05, 3.63) is 273 Å². The van der Waals surface area contributed by atoms with Crippen molar-refractivity contribution in [2.75, 3.05) is 0 Å². The van der Waals surface area contributed by atoms with Gasteiger partial charge in [0.15, 0.2) is 0 Å². The summed E-state index contributed by atoms with van der Waals surface area (Å²) in [5.74, 6) is 0. The van der Waals surface area contributed by atoms with E-state index in [9.17, 15) is 0 Å². The van der Waals surface area contributed by atoms with Crippen LogP contribution in [0, 0.1) is 0 Å². The number of benzene rings is 9. The molecular weight excluding hydrogens is 800 g/mol. The third-order valence-electron chi connectivity index (χ3n) is 11.1. The molecule has 0 fully saturated rings. The SMILES string of the molecule is c1ccc([PH](c2ccccc2)(c2ccccc2)[Ni]([PH](c2ccccc2)(c2ccccc2)c2ccccc2)[PH](c2ccccc2)(c2ccccc2)c2ccccc2)cc1. The predicted octanol–water partition coefficient (Wildman–Crippen LogP) is 9.53. The monoisotopic (exact) mass is 847 g/mol. The molecule has 0 aromatic heterocycles. The van der Waals surface area contributed by atoms with Crippen molar-refractivity contribution >= 4 is 65.9 Å². The van der Waals surface area contributed by atoms with E-state index >= 15 is 0 Å². The fraction of sp³-hybridized carbons (Fsp3) is 0. The fourth-order valence-corrected chi connectivity index (χ4v) is 70.8. The molecule has 0 spiro atoms. The van der Waals surface area contributed by atoms with Crippen LogP contribution in [0.3, 0.4) is 0 Å². The first-order valence-electron chi connectivity index (χ1n) is 19.9. The molecule has 0 heterocycles.